The van der Waals surface area contributed by atoms with Gasteiger partial charge in [0.25, 0.3) is 0 Å². The second-order valence-corrected chi connectivity index (χ2v) is 4.69. The zero-order valence-corrected chi connectivity index (χ0v) is 10.3. The lowest BCUT2D eigenvalue weighted by Gasteiger charge is -2.08. The monoisotopic (exact) mass is 263 g/mol. The van der Waals surface area contributed by atoms with E-state index in [9.17, 15) is 13.2 Å². The lowest BCUT2D eigenvalue weighted by atomic mass is 10.1. The Hall–Kier alpha value is -0.300. The molecule has 0 aromatic carbocycles. The predicted octanol–water partition coefficient (Wildman–Crippen LogP) is 3.42. The minimum Gasteiger partial charge on any atom is -0.741 e. The maximum absolute atomic E-state index is 10.7. The molecule has 0 fully saturated rings. The summed E-state index contributed by atoms with van der Waals surface area (Å²) in [6.07, 6.45) is 8.49. The van der Waals surface area contributed by atoms with Gasteiger partial charge in [0.05, 0.1) is 0 Å². The molecule has 100 valence electrons. The summed E-state index contributed by atoms with van der Waals surface area (Å²) in [5.74, 6) is 0. The quantitative estimate of drug-likeness (QED) is 0.434. The molecule has 0 atom stereocenters. The third-order valence-electron chi connectivity index (χ3n) is 1.74. The van der Waals surface area contributed by atoms with Crippen LogP contribution in [0, 0.1) is 0 Å². The van der Waals surface area contributed by atoms with Gasteiger partial charge >= 0.3 is 5.51 Å². The first-order valence-corrected chi connectivity index (χ1v) is 6.59. The summed E-state index contributed by atoms with van der Waals surface area (Å²) < 4.78 is 58.9. The Morgan fingerprint density at radius 1 is 0.938 bits per heavy atom. The van der Waals surface area contributed by atoms with Crippen molar-refractivity contribution in [1.82, 2.24) is 0 Å². The van der Waals surface area contributed by atoms with Gasteiger partial charge in [-0.2, -0.15) is 13.2 Å². The van der Waals surface area contributed by atoms with Crippen LogP contribution in [0.3, 0.4) is 0 Å². The molecule has 0 aromatic rings. The molecule has 0 saturated heterocycles. The van der Waals surface area contributed by atoms with Gasteiger partial charge in [0.2, 0.25) is 0 Å². The Kier molecular flexibility index (Phi) is 9.95. The molecule has 0 aliphatic carbocycles. The second-order valence-electron chi connectivity index (χ2n) is 3.31. The molecule has 0 amide bonds. The van der Waals surface area contributed by atoms with Crippen molar-refractivity contribution in [2.75, 3.05) is 0 Å². The molecule has 0 aliphatic heterocycles. The van der Waals surface area contributed by atoms with Crippen LogP contribution < -0.4 is 0 Å². The summed E-state index contributed by atoms with van der Waals surface area (Å²) in [4.78, 5) is 0. The van der Waals surface area contributed by atoms with Crippen molar-refractivity contribution in [3.05, 3.63) is 0 Å². The molecule has 0 aliphatic rings. The van der Waals surface area contributed by atoms with Crippen LogP contribution in [0.2, 0.25) is 0 Å². The van der Waals surface area contributed by atoms with Crippen LogP contribution in [0.25, 0.3) is 0 Å². The number of rotatable bonds is 5. The predicted molar refractivity (Wildman–Crippen MR) is 54.8 cm³/mol. The molecule has 0 bridgehead atoms. The fourth-order valence-corrected chi connectivity index (χ4v) is 0.854. The van der Waals surface area contributed by atoms with Crippen molar-refractivity contribution >= 4 is 10.1 Å². The van der Waals surface area contributed by atoms with Crippen molar-refractivity contribution in [3.8, 4) is 0 Å². The molecule has 0 radical (unpaired) electrons. The molecule has 0 heterocycles. The Morgan fingerprint density at radius 3 is 1.31 bits per heavy atom. The minimum absolute atomic E-state index is 1.36. The zero-order chi connectivity index (χ0) is 13.2. The molecule has 0 spiro atoms. The third-order valence-corrected chi connectivity index (χ3v) is 2.31. The van der Waals surface area contributed by atoms with Crippen LogP contribution in [-0.2, 0) is 10.1 Å². The first-order chi connectivity index (χ1) is 7.16. The molecule has 3 nitrogen and oxygen atoms in total. The molecular formula is C9H18F3O3S-. The van der Waals surface area contributed by atoms with Gasteiger partial charge in [0.15, 0.2) is 10.1 Å². The Balaban J connectivity index is 0. The van der Waals surface area contributed by atoms with E-state index in [1.807, 2.05) is 0 Å². The summed E-state index contributed by atoms with van der Waals surface area (Å²) in [6.45, 7) is 4.51. The summed E-state index contributed by atoms with van der Waals surface area (Å²) >= 11 is 0. The highest BCUT2D eigenvalue weighted by Gasteiger charge is 2.36. The van der Waals surface area contributed by atoms with E-state index < -0.39 is 15.6 Å². The van der Waals surface area contributed by atoms with Crippen LogP contribution in [0.4, 0.5) is 13.2 Å². The van der Waals surface area contributed by atoms with Gasteiger partial charge in [0.1, 0.15) is 0 Å². The molecular weight excluding hydrogens is 245 g/mol. The summed E-state index contributed by atoms with van der Waals surface area (Å²) in [5, 5.41) is 0. The van der Waals surface area contributed by atoms with E-state index in [1.54, 1.807) is 0 Å². The molecule has 0 aromatic heterocycles. The number of unbranched alkanes of at least 4 members (excludes halogenated alkanes) is 5. The lowest BCUT2D eigenvalue weighted by molar-refractivity contribution is -0.0517. The first-order valence-electron chi connectivity index (χ1n) is 5.19. The van der Waals surface area contributed by atoms with Gasteiger partial charge < -0.3 is 4.55 Å². The van der Waals surface area contributed by atoms with E-state index in [-0.39, 0.29) is 0 Å². The van der Waals surface area contributed by atoms with Crippen molar-refractivity contribution in [2.24, 2.45) is 0 Å². The molecule has 16 heavy (non-hydrogen) atoms. The number of halogens is 3. The SMILES string of the molecule is CCCCCCCC.O=S(=O)([O-])C(F)(F)F. The second kappa shape index (κ2) is 8.81. The lowest BCUT2D eigenvalue weighted by Crippen LogP contribution is -2.21. The molecule has 0 N–H and O–H groups in total. The highest BCUT2D eigenvalue weighted by atomic mass is 32.2. The highest BCUT2D eigenvalue weighted by molar-refractivity contribution is 7.86. The summed E-state index contributed by atoms with van der Waals surface area (Å²) in [7, 11) is -6.09. The van der Waals surface area contributed by atoms with Crippen molar-refractivity contribution < 1.29 is 26.1 Å². The minimum atomic E-state index is -6.09. The normalized spacial score (nSPS) is 11.9. The highest BCUT2D eigenvalue weighted by Crippen LogP contribution is 2.20. The average molecular weight is 263 g/mol. The standard InChI is InChI=1S/C8H18.CHF3O3S/c1-3-5-7-8-6-4-2;2-1(3,4)8(5,6)7/h3-8H2,1-2H3;(H,5,6,7)/p-1. The molecule has 7 heteroatoms. The van der Waals surface area contributed by atoms with Crippen molar-refractivity contribution in [3.63, 3.8) is 0 Å². The van der Waals surface area contributed by atoms with Gasteiger partial charge in [-0.15, -0.1) is 0 Å². The number of alkyl halides is 3. The van der Waals surface area contributed by atoms with Crippen LogP contribution in [-0.4, -0.2) is 18.5 Å². The number of hydrogen-bond donors (Lipinski definition) is 0. The zero-order valence-electron chi connectivity index (χ0n) is 9.51. The van der Waals surface area contributed by atoms with E-state index >= 15 is 0 Å². The largest absolute Gasteiger partial charge is 0.741 e. The van der Waals surface area contributed by atoms with Crippen LogP contribution >= 0.6 is 0 Å². The van der Waals surface area contributed by atoms with E-state index in [0.717, 1.165) is 0 Å². The van der Waals surface area contributed by atoms with Gasteiger partial charge in [-0.1, -0.05) is 52.4 Å². The van der Waals surface area contributed by atoms with Gasteiger partial charge in [-0.25, -0.2) is 8.42 Å². The van der Waals surface area contributed by atoms with Crippen LogP contribution in [0.1, 0.15) is 52.4 Å². The van der Waals surface area contributed by atoms with Gasteiger partial charge in [0, 0.05) is 0 Å². The van der Waals surface area contributed by atoms with Crippen LogP contribution in [0.15, 0.2) is 0 Å². The third kappa shape index (κ3) is 11.8. The Morgan fingerprint density at radius 2 is 1.19 bits per heavy atom. The topological polar surface area (TPSA) is 57.2 Å². The fourth-order valence-electron chi connectivity index (χ4n) is 0.854. The average Bonchev–Trinajstić information content (AvgIpc) is 2.10. The first kappa shape index (κ1) is 18.1. The van der Waals surface area contributed by atoms with E-state index in [1.165, 1.54) is 38.5 Å². The molecule has 0 unspecified atom stereocenters. The Bertz CT molecular complexity index is 241. The summed E-state index contributed by atoms with van der Waals surface area (Å²) in [5.41, 5.74) is -5.65. The maximum atomic E-state index is 10.7. The van der Waals surface area contributed by atoms with E-state index in [0.29, 0.717) is 0 Å². The smallest absolute Gasteiger partial charge is 0.485 e. The fraction of sp³-hybridized carbons (Fsp3) is 1.00. The van der Waals surface area contributed by atoms with E-state index in [4.69, 9.17) is 13.0 Å². The van der Waals surface area contributed by atoms with Crippen LogP contribution in [0.5, 0.6) is 0 Å². The maximum Gasteiger partial charge on any atom is 0.485 e. The van der Waals surface area contributed by atoms with Gasteiger partial charge in [-0.3, -0.25) is 0 Å². The number of hydrogen-bond acceptors (Lipinski definition) is 3. The van der Waals surface area contributed by atoms with E-state index in [2.05, 4.69) is 13.8 Å². The van der Waals surface area contributed by atoms with Crippen molar-refractivity contribution in [1.29, 1.82) is 0 Å². The van der Waals surface area contributed by atoms with Gasteiger partial charge in [-0.05, 0) is 0 Å². The molecule has 0 rings (SSSR count). The molecule has 0 saturated carbocycles. The Labute approximate surface area is 94.8 Å². The summed E-state index contributed by atoms with van der Waals surface area (Å²) in [6, 6.07) is 0. The van der Waals surface area contributed by atoms with Crippen molar-refractivity contribution in [2.45, 2.75) is 57.9 Å².